The molecule has 1 aliphatic carbocycles. The highest BCUT2D eigenvalue weighted by Crippen LogP contribution is 2.39. The van der Waals surface area contributed by atoms with E-state index in [0.29, 0.717) is 34.9 Å². The third-order valence-electron chi connectivity index (χ3n) is 6.07. The maximum atomic E-state index is 12.8. The SMILES string of the molecule is COc1ccc(Nc2cc(-n3cc(C)c4c3CC(C)(C)CC4=O)ccc2C(N)=O)cc1OC. The number of rotatable bonds is 6. The third-order valence-corrected chi connectivity index (χ3v) is 6.07. The highest BCUT2D eigenvalue weighted by atomic mass is 16.5. The number of ether oxygens (including phenoxy) is 2. The molecule has 2 aromatic carbocycles. The largest absolute Gasteiger partial charge is 0.493 e. The number of primary amides is 1. The van der Waals surface area contributed by atoms with E-state index in [2.05, 4.69) is 19.2 Å². The van der Waals surface area contributed by atoms with Gasteiger partial charge in [0.05, 0.1) is 25.5 Å². The van der Waals surface area contributed by atoms with Crippen LogP contribution in [-0.4, -0.2) is 30.5 Å². The minimum Gasteiger partial charge on any atom is -0.493 e. The van der Waals surface area contributed by atoms with Gasteiger partial charge in [-0.3, -0.25) is 9.59 Å². The molecule has 0 unspecified atom stereocenters. The molecule has 4 rings (SSSR count). The summed E-state index contributed by atoms with van der Waals surface area (Å²) >= 11 is 0. The molecule has 7 heteroatoms. The first kappa shape index (κ1) is 22.5. The number of fused-ring (bicyclic) bond motifs is 1. The van der Waals surface area contributed by atoms with Crippen LogP contribution in [0.2, 0.25) is 0 Å². The minimum atomic E-state index is -0.536. The van der Waals surface area contributed by atoms with Gasteiger partial charge in [-0.2, -0.15) is 0 Å². The van der Waals surface area contributed by atoms with Crippen LogP contribution in [0.1, 0.15) is 52.2 Å². The molecule has 0 fully saturated rings. The Bertz CT molecular complexity index is 1260. The van der Waals surface area contributed by atoms with Crippen molar-refractivity contribution < 1.29 is 19.1 Å². The highest BCUT2D eigenvalue weighted by Gasteiger charge is 2.34. The van der Waals surface area contributed by atoms with Gasteiger partial charge < -0.3 is 25.1 Å². The number of Topliss-reactive ketones (excluding diaryl/α,β-unsaturated/α-hetero) is 1. The molecule has 1 heterocycles. The molecule has 0 saturated heterocycles. The van der Waals surface area contributed by atoms with Gasteiger partial charge in [-0.05, 0) is 54.7 Å². The van der Waals surface area contributed by atoms with Crippen molar-refractivity contribution in [3.63, 3.8) is 0 Å². The van der Waals surface area contributed by atoms with Gasteiger partial charge in [0.2, 0.25) is 0 Å². The predicted molar refractivity (Wildman–Crippen MR) is 128 cm³/mol. The van der Waals surface area contributed by atoms with Crippen LogP contribution in [0.25, 0.3) is 5.69 Å². The highest BCUT2D eigenvalue weighted by molar-refractivity contribution is 6.01. The zero-order valence-electron chi connectivity index (χ0n) is 19.6. The second kappa shape index (κ2) is 8.31. The van der Waals surface area contributed by atoms with Crippen molar-refractivity contribution in [1.29, 1.82) is 0 Å². The van der Waals surface area contributed by atoms with Crippen LogP contribution in [0, 0.1) is 12.3 Å². The standard InChI is InChI=1S/C26H29N3O4/c1-15-14-29(20-12-26(2,3)13-21(30)24(15)20)17-7-8-18(25(27)31)19(11-17)28-16-6-9-22(32-4)23(10-16)33-5/h6-11,14,28H,12-13H2,1-5H3,(H2,27,31). The molecule has 1 aliphatic rings. The lowest BCUT2D eigenvalue weighted by Gasteiger charge is -2.30. The molecule has 0 spiro atoms. The number of benzene rings is 2. The number of ketones is 1. The molecule has 0 atom stereocenters. The fraction of sp³-hybridized carbons (Fsp3) is 0.308. The van der Waals surface area contributed by atoms with Crippen molar-refractivity contribution >= 4 is 23.1 Å². The van der Waals surface area contributed by atoms with Gasteiger partial charge in [0, 0.05) is 41.3 Å². The van der Waals surface area contributed by atoms with Crippen molar-refractivity contribution in [2.75, 3.05) is 19.5 Å². The first-order valence-electron chi connectivity index (χ1n) is 10.8. The van der Waals surface area contributed by atoms with Crippen LogP contribution in [0.4, 0.5) is 11.4 Å². The lowest BCUT2D eigenvalue weighted by atomic mass is 9.75. The van der Waals surface area contributed by atoms with Crippen LogP contribution < -0.4 is 20.5 Å². The molecule has 33 heavy (non-hydrogen) atoms. The fourth-order valence-corrected chi connectivity index (χ4v) is 4.58. The summed E-state index contributed by atoms with van der Waals surface area (Å²) in [5.74, 6) is 0.810. The lowest BCUT2D eigenvalue weighted by Crippen LogP contribution is -2.28. The molecule has 3 N–H and O–H groups in total. The molecule has 0 bridgehead atoms. The lowest BCUT2D eigenvalue weighted by molar-refractivity contribution is 0.0909. The van der Waals surface area contributed by atoms with E-state index in [4.69, 9.17) is 15.2 Å². The Kier molecular flexibility index (Phi) is 5.66. The number of anilines is 2. The second-order valence-corrected chi connectivity index (χ2v) is 9.23. The monoisotopic (exact) mass is 447 g/mol. The summed E-state index contributed by atoms with van der Waals surface area (Å²) in [4.78, 5) is 25.0. The Balaban J connectivity index is 1.80. The summed E-state index contributed by atoms with van der Waals surface area (Å²) in [5, 5.41) is 3.29. The Morgan fingerprint density at radius 1 is 1.06 bits per heavy atom. The Hall–Kier alpha value is -3.74. The minimum absolute atomic E-state index is 0.111. The predicted octanol–water partition coefficient (Wildman–Crippen LogP) is 4.80. The Morgan fingerprint density at radius 2 is 1.79 bits per heavy atom. The number of aromatic nitrogens is 1. The van der Waals surface area contributed by atoms with Gasteiger partial charge in [-0.1, -0.05) is 13.8 Å². The van der Waals surface area contributed by atoms with E-state index in [1.807, 2.05) is 35.9 Å². The Morgan fingerprint density at radius 3 is 2.45 bits per heavy atom. The smallest absolute Gasteiger partial charge is 0.250 e. The van der Waals surface area contributed by atoms with E-state index in [-0.39, 0.29) is 11.2 Å². The molecule has 172 valence electrons. The molecular formula is C26H29N3O4. The van der Waals surface area contributed by atoms with Crippen LogP contribution >= 0.6 is 0 Å². The average Bonchev–Trinajstić information content (AvgIpc) is 3.08. The number of nitrogens with two attached hydrogens (primary N) is 1. The quantitative estimate of drug-likeness (QED) is 0.566. The van der Waals surface area contributed by atoms with Gasteiger partial charge in [0.1, 0.15) is 0 Å². The number of aryl methyl sites for hydroxylation is 1. The van der Waals surface area contributed by atoms with Crippen molar-refractivity contribution in [2.45, 2.75) is 33.6 Å². The average molecular weight is 448 g/mol. The van der Waals surface area contributed by atoms with Crippen molar-refractivity contribution in [3.8, 4) is 17.2 Å². The number of methoxy groups -OCH3 is 2. The summed E-state index contributed by atoms with van der Waals surface area (Å²) in [6.45, 7) is 6.19. The van der Waals surface area contributed by atoms with E-state index < -0.39 is 5.91 Å². The van der Waals surface area contributed by atoms with E-state index in [1.54, 1.807) is 32.4 Å². The van der Waals surface area contributed by atoms with Gasteiger partial charge in [0.15, 0.2) is 17.3 Å². The van der Waals surface area contributed by atoms with Crippen LogP contribution in [-0.2, 0) is 6.42 Å². The number of nitrogens with one attached hydrogen (secondary N) is 1. The molecule has 1 amide bonds. The van der Waals surface area contributed by atoms with Gasteiger partial charge >= 0.3 is 0 Å². The van der Waals surface area contributed by atoms with E-state index >= 15 is 0 Å². The molecule has 0 radical (unpaired) electrons. The van der Waals surface area contributed by atoms with Crippen molar-refractivity contribution in [3.05, 3.63) is 65.0 Å². The van der Waals surface area contributed by atoms with Gasteiger partial charge in [-0.25, -0.2) is 0 Å². The molecule has 1 aromatic heterocycles. The van der Waals surface area contributed by atoms with E-state index in [0.717, 1.165) is 28.9 Å². The molecular weight excluding hydrogens is 418 g/mol. The Labute approximate surface area is 193 Å². The van der Waals surface area contributed by atoms with Crippen LogP contribution in [0.5, 0.6) is 11.5 Å². The fourth-order valence-electron chi connectivity index (χ4n) is 4.58. The van der Waals surface area contributed by atoms with Crippen LogP contribution in [0.15, 0.2) is 42.6 Å². The van der Waals surface area contributed by atoms with Crippen molar-refractivity contribution in [1.82, 2.24) is 4.57 Å². The number of amides is 1. The number of hydrogen-bond acceptors (Lipinski definition) is 5. The molecule has 0 aliphatic heterocycles. The number of carbonyl (C=O) groups is 2. The number of carbonyl (C=O) groups excluding carboxylic acids is 2. The van der Waals surface area contributed by atoms with E-state index in [1.165, 1.54) is 0 Å². The first-order chi connectivity index (χ1) is 15.6. The summed E-state index contributed by atoms with van der Waals surface area (Å²) in [7, 11) is 3.14. The summed E-state index contributed by atoms with van der Waals surface area (Å²) in [6, 6.07) is 10.8. The maximum Gasteiger partial charge on any atom is 0.250 e. The van der Waals surface area contributed by atoms with E-state index in [9.17, 15) is 9.59 Å². The summed E-state index contributed by atoms with van der Waals surface area (Å²) < 4.78 is 12.7. The molecule has 3 aromatic rings. The topological polar surface area (TPSA) is 95.6 Å². The second-order valence-electron chi connectivity index (χ2n) is 9.23. The summed E-state index contributed by atoms with van der Waals surface area (Å²) in [6.07, 6.45) is 3.32. The number of hydrogen-bond donors (Lipinski definition) is 2. The van der Waals surface area contributed by atoms with Gasteiger partial charge in [0.25, 0.3) is 5.91 Å². The van der Waals surface area contributed by atoms with Gasteiger partial charge in [-0.15, -0.1) is 0 Å². The maximum absolute atomic E-state index is 12.8. The third kappa shape index (κ3) is 4.18. The van der Waals surface area contributed by atoms with Crippen LogP contribution in [0.3, 0.4) is 0 Å². The molecule has 7 nitrogen and oxygen atoms in total. The zero-order chi connectivity index (χ0) is 23.9. The summed E-state index contributed by atoms with van der Waals surface area (Å²) in [5.41, 5.74) is 10.8. The molecule has 0 saturated carbocycles. The first-order valence-corrected chi connectivity index (χ1v) is 10.8. The zero-order valence-corrected chi connectivity index (χ0v) is 19.6. The number of nitrogens with zero attached hydrogens (tertiary/aromatic N) is 1. The normalized spacial score (nSPS) is 14.5. The van der Waals surface area contributed by atoms with Crippen molar-refractivity contribution in [2.24, 2.45) is 11.1 Å².